The molecule has 0 aliphatic carbocycles. The van der Waals surface area contributed by atoms with Gasteiger partial charge in [-0.1, -0.05) is 42.0 Å². The van der Waals surface area contributed by atoms with Crippen LogP contribution < -0.4 is 11.5 Å². The van der Waals surface area contributed by atoms with Gasteiger partial charge < -0.3 is 16.2 Å². The average Bonchev–Trinajstić information content (AvgIpc) is 2.43. The zero-order valence-corrected chi connectivity index (χ0v) is 11.8. The Balaban J connectivity index is 2.16. The van der Waals surface area contributed by atoms with Crippen molar-refractivity contribution < 1.29 is 9.53 Å². The van der Waals surface area contributed by atoms with E-state index in [1.807, 2.05) is 6.07 Å². The van der Waals surface area contributed by atoms with Crippen molar-refractivity contribution in [2.24, 2.45) is 11.5 Å². The Labute approximate surface area is 118 Å². The normalized spacial score (nSPS) is 11.6. The summed E-state index contributed by atoms with van der Waals surface area (Å²) in [5.41, 5.74) is 12.4. The van der Waals surface area contributed by atoms with Gasteiger partial charge in [0.25, 0.3) is 0 Å². The molecule has 0 saturated heterocycles. The van der Waals surface area contributed by atoms with Crippen molar-refractivity contribution in [2.45, 2.75) is 25.4 Å². The average molecular weight is 272 g/mol. The summed E-state index contributed by atoms with van der Waals surface area (Å²) in [5.74, 6) is -0.589. The minimum absolute atomic E-state index is 0.344. The molecule has 4 N–H and O–H groups in total. The molecule has 0 saturated carbocycles. The Morgan fingerprint density at radius 1 is 1.15 bits per heavy atom. The third kappa shape index (κ3) is 3.15. The highest BCUT2D eigenvalue weighted by molar-refractivity contribution is 5.84. The lowest BCUT2D eigenvalue weighted by Gasteiger charge is -2.21. The van der Waals surface area contributed by atoms with Gasteiger partial charge in [0.1, 0.15) is 0 Å². The van der Waals surface area contributed by atoms with Gasteiger partial charge >= 0.3 is 5.97 Å². The predicted octanol–water partition coefficient (Wildman–Crippen LogP) is 1.87. The standard InChI is InChI=1S/C16H20N2O2/c1-11-3-5-13-6-4-12(10-14(13)9-11)7-8-16(17,18)15(19)20-2/h3-6,9-10H,7-8,17-18H2,1-2H3. The molecule has 4 heteroatoms. The first-order valence-corrected chi connectivity index (χ1v) is 6.58. The van der Waals surface area contributed by atoms with Gasteiger partial charge in [0, 0.05) is 0 Å². The molecule has 0 radical (unpaired) electrons. The first kappa shape index (κ1) is 14.5. The third-order valence-electron chi connectivity index (χ3n) is 3.45. The van der Waals surface area contributed by atoms with Gasteiger partial charge in [-0.3, -0.25) is 0 Å². The van der Waals surface area contributed by atoms with E-state index in [4.69, 9.17) is 11.5 Å². The summed E-state index contributed by atoms with van der Waals surface area (Å²) in [4.78, 5) is 11.4. The molecule has 106 valence electrons. The van der Waals surface area contributed by atoms with Crippen LogP contribution in [0.3, 0.4) is 0 Å². The first-order valence-electron chi connectivity index (χ1n) is 6.58. The number of benzene rings is 2. The van der Waals surface area contributed by atoms with Crippen LogP contribution in [0, 0.1) is 6.92 Å². The molecule has 0 spiro atoms. The fourth-order valence-electron chi connectivity index (χ4n) is 2.21. The number of nitrogens with two attached hydrogens (primary N) is 2. The van der Waals surface area contributed by atoms with Crippen molar-refractivity contribution in [3.05, 3.63) is 47.5 Å². The highest BCUT2D eigenvalue weighted by Gasteiger charge is 2.29. The quantitative estimate of drug-likeness (QED) is 0.658. The number of rotatable bonds is 4. The van der Waals surface area contributed by atoms with Gasteiger partial charge in [0.05, 0.1) is 7.11 Å². The molecule has 2 rings (SSSR count). The summed E-state index contributed by atoms with van der Waals surface area (Å²) in [7, 11) is 1.29. The summed E-state index contributed by atoms with van der Waals surface area (Å²) in [5, 5.41) is 2.37. The number of carbonyl (C=O) groups excluding carboxylic acids is 1. The fourth-order valence-corrected chi connectivity index (χ4v) is 2.21. The molecule has 0 amide bonds. The van der Waals surface area contributed by atoms with Crippen LogP contribution >= 0.6 is 0 Å². The molecule has 0 aromatic heterocycles. The first-order chi connectivity index (χ1) is 9.42. The predicted molar refractivity (Wildman–Crippen MR) is 80.1 cm³/mol. The van der Waals surface area contributed by atoms with Crippen LogP contribution in [-0.4, -0.2) is 18.7 Å². The second-order valence-electron chi connectivity index (χ2n) is 5.22. The van der Waals surface area contributed by atoms with Crippen molar-refractivity contribution >= 4 is 16.7 Å². The Hall–Kier alpha value is -1.91. The summed E-state index contributed by atoms with van der Waals surface area (Å²) in [6.07, 6.45) is 0.975. The maximum absolute atomic E-state index is 11.4. The molecule has 0 aliphatic heterocycles. The maximum atomic E-state index is 11.4. The number of esters is 1. The number of fused-ring (bicyclic) bond motifs is 1. The van der Waals surface area contributed by atoms with Gasteiger partial charge in [-0.2, -0.15) is 0 Å². The van der Waals surface area contributed by atoms with Crippen LogP contribution in [0.1, 0.15) is 17.5 Å². The molecular formula is C16H20N2O2. The van der Waals surface area contributed by atoms with E-state index in [9.17, 15) is 4.79 Å². The summed E-state index contributed by atoms with van der Waals surface area (Å²) in [6.45, 7) is 2.06. The van der Waals surface area contributed by atoms with Crippen LogP contribution in [0.4, 0.5) is 0 Å². The lowest BCUT2D eigenvalue weighted by molar-refractivity contribution is -0.147. The monoisotopic (exact) mass is 272 g/mol. The lowest BCUT2D eigenvalue weighted by atomic mass is 9.98. The van der Waals surface area contributed by atoms with E-state index in [1.54, 1.807) is 0 Å². The van der Waals surface area contributed by atoms with E-state index >= 15 is 0 Å². The van der Waals surface area contributed by atoms with Crippen molar-refractivity contribution in [3.63, 3.8) is 0 Å². The molecule has 0 aliphatic rings. The van der Waals surface area contributed by atoms with Crippen molar-refractivity contribution in [1.82, 2.24) is 0 Å². The van der Waals surface area contributed by atoms with E-state index in [0.29, 0.717) is 12.8 Å². The van der Waals surface area contributed by atoms with Crippen molar-refractivity contribution in [1.29, 1.82) is 0 Å². The van der Waals surface area contributed by atoms with E-state index in [0.717, 1.165) is 5.56 Å². The third-order valence-corrected chi connectivity index (χ3v) is 3.45. The van der Waals surface area contributed by atoms with Crippen LogP contribution in [0.2, 0.25) is 0 Å². The molecule has 0 unspecified atom stereocenters. The molecule has 0 heterocycles. The Bertz CT molecular complexity index is 635. The minimum Gasteiger partial charge on any atom is -0.467 e. The molecular weight excluding hydrogens is 252 g/mol. The second kappa shape index (κ2) is 5.61. The van der Waals surface area contributed by atoms with Crippen molar-refractivity contribution in [2.75, 3.05) is 7.11 Å². The van der Waals surface area contributed by atoms with Gasteiger partial charge in [0.15, 0.2) is 5.66 Å². The topological polar surface area (TPSA) is 78.3 Å². The van der Waals surface area contributed by atoms with Gasteiger partial charge in [-0.05, 0) is 36.1 Å². The van der Waals surface area contributed by atoms with Gasteiger partial charge in [-0.15, -0.1) is 0 Å². The Morgan fingerprint density at radius 2 is 1.85 bits per heavy atom. The van der Waals surface area contributed by atoms with Crippen LogP contribution in [0.25, 0.3) is 10.8 Å². The van der Waals surface area contributed by atoms with Crippen LogP contribution in [-0.2, 0) is 16.0 Å². The molecule has 0 fully saturated rings. The van der Waals surface area contributed by atoms with E-state index in [-0.39, 0.29) is 0 Å². The van der Waals surface area contributed by atoms with E-state index in [2.05, 4.69) is 42.0 Å². The Kier molecular flexibility index (Phi) is 4.06. The summed E-state index contributed by atoms with van der Waals surface area (Å²) < 4.78 is 4.60. The zero-order valence-electron chi connectivity index (χ0n) is 11.8. The van der Waals surface area contributed by atoms with E-state index < -0.39 is 11.6 Å². The minimum atomic E-state index is -1.43. The highest BCUT2D eigenvalue weighted by Crippen LogP contribution is 2.19. The smallest absolute Gasteiger partial charge is 0.340 e. The SMILES string of the molecule is COC(=O)C(N)(N)CCc1ccc2ccc(C)cc2c1. The summed E-state index contributed by atoms with van der Waals surface area (Å²) >= 11 is 0. The highest BCUT2D eigenvalue weighted by atomic mass is 16.5. The van der Waals surface area contributed by atoms with Crippen molar-refractivity contribution in [3.8, 4) is 0 Å². The molecule has 4 nitrogen and oxygen atoms in total. The number of methoxy groups -OCH3 is 1. The van der Waals surface area contributed by atoms with Gasteiger partial charge in [-0.25, -0.2) is 4.79 Å². The number of hydrogen-bond donors (Lipinski definition) is 2. The zero-order chi connectivity index (χ0) is 14.8. The molecule has 2 aromatic rings. The van der Waals surface area contributed by atoms with E-state index in [1.165, 1.54) is 23.4 Å². The molecule has 2 aromatic carbocycles. The second-order valence-corrected chi connectivity index (χ2v) is 5.22. The number of ether oxygens (including phenoxy) is 1. The largest absolute Gasteiger partial charge is 0.467 e. The molecule has 0 bridgehead atoms. The Morgan fingerprint density at radius 3 is 2.55 bits per heavy atom. The number of carbonyl (C=O) groups is 1. The number of aryl methyl sites for hydroxylation is 2. The fraction of sp³-hybridized carbons (Fsp3) is 0.312. The van der Waals surface area contributed by atoms with Crippen LogP contribution in [0.5, 0.6) is 0 Å². The molecule has 20 heavy (non-hydrogen) atoms. The number of hydrogen-bond acceptors (Lipinski definition) is 4. The van der Waals surface area contributed by atoms with Crippen LogP contribution in [0.15, 0.2) is 36.4 Å². The van der Waals surface area contributed by atoms with Gasteiger partial charge in [0.2, 0.25) is 0 Å². The maximum Gasteiger partial charge on any atom is 0.340 e. The molecule has 0 atom stereocenters. The summed E-state index contributed by atoms with van der Waals surface area (Å²) in [6, 6.07) is 12.5. The lowest BCUT2D eigenvalue weighted by Crippen LogP contribution is -2.57.